The lowest BCUT2D eigenvalue weighted by atomic mass is 10.2. The van der Waals surface area contributed by atoms with E-state index in [1.165, 1.54) is 23.5 Å². The van der Waals surface area contributed by atoms with Crippen LogP contribution in [0, 0.1) is 9.39 Å². The molecule has 0 saturated carbocycles. The van der Waals surface area contributed by atoms with E-state index in [1.54, 1.807) is 16.5 Å². The van der Waals surface area contributed by atoms with Gasteiger partial charge in [0.1, 0.15) is 18.2 Å². The monoisotopic (exact) mass is 528 g/mol. The first-order valence-electron chi connectivity index (χ1n) is 9.17. The van der Waals surface area contributed by atoms with Crippen molar-refractivity contribution in [1.82, 2.24) is 9.38 Å². The highest BCUT2D eigenvalue weighted by Gasteiger charge is 2.11. The van der Waals surface area contributed by atoms with Gasteiger partial charge in [-0.2, -0.15) is 0 Å². The first-order valence-corrected chi connectivity index (χ1v) is 11.1. The number of ether oxygens (including phenoxy) is 1. The molecule has 2 heterocycles. The van der Waals surface area contributed by atoms with Crippen LogP contribution < -0.4 is 14.8 Å². The highest BCUT2D eigenvalue weighted by molar-refractivity contribution is 14.1. The molecular formula is C23H14FIN2O2S. The molecule has 0 saturated heterocycles. The maximum atomic E-state index is 13.0. The second kappa shape index (κ2) is 7.81. The number of fused-ring (bicyclic) bond motifs is 3. The van der Waals surface area contributed by atoms with Crippen molar-refractivity contribution in [2.75, 3.05) is 0 Å². The van der Waals surface area contributed by atoms with Crippen molar-refractivity contribution in [3.05, 3.63) is 102 Å². The number of rotatable bonds is 4. The largest absolute Gasteiger partial charge is 0.488 e. The molecule has 0 spiro atoms. The predicted octanol–water partition coefficient (Wildman–Crippen LogP) is 4.78. The molecule has 0 aliphatic heterocycles. The van der Waals surface area contributed by atoms with Crippen LogP contribution in [0.4, 0.5) is 4.39 Å². The quantitative estimate of drug-likeness (QED) is 0.316. The molecule has 148 valence electrons. The average Bonchev–Trinajstić information content (AvgIpc) is 3.25. The Morgan fingerprint density at radius 2 is 1.90 bits per heavy atom. The Bertz CT molecular complexity index is 1490. The second-order valence-electron chi connectivity index (χ2n) is 6.74. The van der Waals surface area contributed by atoms with Gasteiger partial charge in [0.15, 0.2) is 4.96 Å². The lowest BCUT2D eigenvalue weighted by molar-refractivity contribution is 0.304. The summed E-state index contributed by atoms with van der Waals surface area (Å²) in [5.41, 5.74) is 3.40. The van der Waals surface area contributed by atoms with Crippen LogP contribution in [0.5, 0.6) is 5.75 Å². The molecule has 0 atom stereocenters. The van der Waals surface area contributed by atoms with Gasteiger partial charge in [0, 0.05) is 0 Å². The molecule has 4 nitrogen and oxygen atoms in total. The van der Waals surface area contributed by atoms with E-state index in [0.717, 1.165) is 31.5 Å². The Morgan fingerprint density at radius 3 is 2.70 bits per heavy atom. The number of halogens is 2. The summed E-state index contributed by atoms with van der Waals surface area (Å²) in [6.07, 6.45) is 1.88. The predicted molar refractivity (Wildman–Crippen MR) is 126 cm³/mol. The highest BCUT2D eigenvalue weighted by atomic mass is 127. The fraction of sp³-hybridized carbons (Fsp3) is 0.0435. The molecule has 0 N–H and O–H groups in total. The van der Waals surface area contributed by atoms with Gasteiger partial charge in [-0.05, 0) is 76.2 Å². The molecule has 7 heteroatoms. The minimum atomic E-state index is -0.264. The fourth-order valence-electron chi connectivity index (χ4n) is 3.23. The summed E-state index contributed by atoms with van der Waals surface area (Å²) in [5.74, 6) is 0.478. The maximum Gasteiger partial charge on any atom is 0.274 e. The number of aromatic nitrogens is 2. The SMILES string of the molecule is O=c1/c(=C/c2ccc(OCc3ccc(F)cc3)c(I)c2)sc2nc3ccccc3n12. The third-order valence-corrected chi connectivity index (χ3v) is 6.52. The van der Waals surface area contributed by atoms with E-state index in [2.05, 4.69) is 27.6 Å². The Labute approximate surface area is 188 Å². The average molecular weight is 528 g/mol. The van der Waals surface area contributed by atoms with E-state index in [0.29, 0.717) is 16.1 Å². The topological polar surface area (TPSA) is 43.6 Å². The number of para-hydroxylation sites is 2. The Morgan fingerprint density at radius 1 is 1.10 bits per heavy atom. The molecule has 0 radical (unpaired) electrons. The van der Waals surface area contributed by atoms with Crippen LogP contribution in [0.3, 0.4) is 0 Å². The van der Waals surface area contributed by atoms with Gasteiger partial charge in [0.05, 0.1) is 19.1 Å². The summed E-state index contributed by atoms with van der Waals surface area (Å²) in [5, 5.41) is 0. The van der Waals surface area contributed by atoms with E-state index >= 15 is 0 Å². The summed E-state index contributed by atoms with van der Waals surface area (Å²) in [4.78, 5) is 18.1. The standard InChI is InChI=1S/C23H14FIN2O2S/c24-16-8-5-14(6-9-16)13-29-20-10-7-15(11-17(20)25)12-21-22(28)27-19-4-2-1-3-18(19)26-23(27)30-21/h1-12H,13H2/b21-12-. The van der Waals surface area contributed by atoms with E-state index in [-0.39, 0.29) is 11.4 Å². The first kappa shape index (κ1) is 19.2. The third kappa shape index (κ3) is 3.59. The van der Waals surface area contributed by atoms with Crippen molar-refractivity contribution in [3.63, 3.8) is 0 Å². The molecule has 3 aromatic carbocycles. The number of thiazole rings is 1. The van der Waals surface area contributed by atoms with E-state index in [1.807, 2.05) is 48.5 Å². The summed E-state index contributed by atoms with van der Waals surface area (Å²) >= 11 is 3.60. The van der Waals surface area contributed by atoms with Crippen molar-refractivity contribution in [2.24, 2.45) is 0 Å². The van der Waals surface area contributed by atoms with Crippen LogP contribution in [-0.4, -0.2) is 9.38 Å². The number of benzene rings is 3. The summed E-state index contributed by atoms with van der Waals surface area (Å²) < 4.78 is 22.1. The first-order chi connectivity index (χ1) is 14.6. The normalized spacial score (nSPS) is 12.1. The van der Waals surface area contributed by atoms with Crippen LogP contribution in [0.2, 0.25) is 0 Å². The molecular weight excluding hydrogens is 514 g/mol. The van der Waals surface area contributed by atoms with Crippen LogP contribution in [-0.2, 0) is 6.61 Å². The molecule has 5 aromatic rings. The van der Waals surface area contributed by atoms with Crippen LogP contribution in [0.1, 0.15) is 11.1 Å². The zero-order valence-electron chi connectivity index (χ0n) is 15.5. The Kier molecular flexibility index (Phi) is 5.00. The van der Waals surface area contributed by atoms with Crippen molar-refractivity contribution >= 4 is 56.0 Å². The molecule has 0 bridgehead atoms. The van der Waals surface area contributed by atoms with Crippen molar-refractivity contribution in [2.45, 2.75) is 6.61 Å². The lowest BCUT2D eigenvalue weighted by Gasteiger charge is -2.09. The Balaban J connectivity index is 1.44. The molecule has 0 aliphatic rings. The number of nitrogens with zero attached hydrogens (tertiary/aromatic N) is 2. The highest BCUT2D eigenvalue weighted by Crippen LogP contribution is 2.24. The summed E-state index contributed by atoms with van der Waals surface area (Å²) in [7, 11) is 0. The minimum absolute atomic E-state index is 0.0599. The molecule has 5 rings (SSSR count). The zero-order chi connectivity index (χ0) is 20.7. The number of imidazole rings is 1. The van der Waals surface area contributed by atoms with E-state index in [4.69, 9.17) is 4.74 Å². The van der Waals surface area contributed by atoms with Gasteiger partial charge >= 0.3 is 0 Å². The third-order valence-electron chi connectivity index (χ3n) is 4.71. The molecule has 0 unspecified atom stereocenters. The van der Waals surface area contributed by atoms with E-state index < -0.39 is 0 Å². The molecule has 0 fully saturated rings. The zero-order valence-corrected chi connectivity index (χ0v) is 18.5. The van der Waals surface area contributed by atoms with Crippen molar-refractivity contribution < 1.29 is 9.13 Å². The number of hydrogen-bond donors (Lipinski definition) is 0. The minimum Gasteiger partial charge on any atom is -0.488 e. The van der Waals surface area contributed by atoms with Gasteiger partial charge in [-0.15, -0.1) is 0 Å². The van der Waals surface area contributed by atoms with Crippen molar-refractivity contribution in [3.8, 4) is 5.75 Å². The van der Waals surface area contributed by atoms with Crippen molar-refractivity contribution in [1.29, 1.82) is 0 Å². The van der Waals surface area contributed by atoms with Gasteiger partial charge in [0.25, 0.3) is 5.56 Å². The van der Waals surface area contributed by atoms with Gasteiger partial charge in [0.2, 0.25) is 0 Å². The molecule has 30 heavy (non-hydrogen) atoms. The lowest BCUT2D eigenvalue weighted by Crippen LogP contribution is -2.22. The fourth-order valence-corrected chi connectivity index (χ4v) is 4.91. The van der Waals surface area contributed by atoms with Gasteiger partial charge in [-0.3, -0.25) is 4.79 Å². The summed E-state index contributed by atoms with van der Waals surface area (Å²) in [6.45, 7) is 0.360. The molecule has 0 aliphatic carbocycles. The molecule has 0 amide bonds. The smallest absolute Gasteiger partial charge is 0.274 e. The van der Waals surface area contributed by atoms with Gasteiger partial charge in [-0.1, -0.05) is 41.7 Å². The maximum absolute atomic E-state index is 13.0. The summed E-state index contributed by atoms with van der Waals surface area (Å²) in [6, 6.07) is 19.7. The number of hydrogen-bond acceptors (Lipinski definition) is 4. The van der Waals surface area contributed by atoms with E-state index in [9.17, 15) is 9.18 Å². The van der Waals surface area contributed by atoms with Gasteiger partial charge < -0.3 is 4.74 Å². The van der Waals surface area contributed by atoms with Crippen LogP contribution in [0.25, 0.3) is 22.1 Å². The van der Waals surface area contributed by atoms with Gasteiger partial charge in [-0.25, -0.2) is 13.8 Å². The van der Waals surface area contributed by atoms with Crippen LogP contribution in [0.15, 0.2) is 71.5 Å². The molecule has 2 aromatic heterocycles. The Hall–Kier alpha value is -2.78. The second-order valence-corrected chi connectivity index (χ2v) is 8.91. The van der Waals surface area contributed by atoms with Crippen LogP contribution >= 0.6 is 33.9 Å².